The summed E-state index contributed by atoms with van der Waals surface area (Å²) in [5.74, 6) is -0.773. The molecule has 2 aromatic heterocycles. The molecule has 0 spiro atoms. The van der Waals surface area contributed by atoms with Crippen molar-refractivity contribution in [1.29, 1.82) is 0 Å². The summed E-state index contributed by atoms with van der Waals surface area (Å²) < 4.78 is 2.88. The van der Waals surface area contributed by atoms with Crippen LogP contribution in [-0.2, 0) is 0 Å². The zero-order valence-corrected chi connectivity index (χ0v) is 29.1. The molecule has 0 aliphatic heterocycles. The lowest BCUT2D eigenvalue weighted by Crippen LogP contribution is -2.41. The maximum atomic E-state index is 12.8. The lowest BCUT2D eigenvalue weighted by atomic mass is 9.86. The van der Waals surface area contributed by atoms with Gasteiger partial charge in [-0.1, -0.05) is 31.9 Å². The summed E-state index contributed by atoms with van der Waals surface area (Å²) in [6.07, 6.45) is 11.3. The van der Waals surface area contributed by atoms with Crippen LogP contribution < -0.4 is 27.4 Å². The molecular formula is C37H45N9O5. The molecule has 7 rings (SSSR count). The Morgan fingerprint density at radius 2 is 1.16 bits per heavy atom. The highest BCUT2D eigenvalue weighted by molar-refractivity contribution is 5.99. The highest BCUT2D eigenvalue weighted by atomic mass is 16.4. The van der Waals surface area contributed by atoms with E-state index in [1.54, 1.807) is 35.0 Å². The fourth-order valence-corrected chi connectivity index (χ4v) is 6.17. The Labute approximate surface area is 296 Å². The van der Waals surface area contributed by atoms with Crippen molar-refractivity contribution in [2.45, 2.75) is 90.3 Å². The third-order valence-electron chi connectivity index (χ3n) is 9.74. The molecule has 0 bridgehead atoms. The zero-order valence-electron chi connectivity index (χ0n) is 29.1. The quantitative estimate of drug-likeness (QED) is 0.147. The highest BCUT2D eigenvalue weighted by Gasteiger charge is 2.27. The largest absolute Gasteiger partial charge is 0.477 e. The number of nitrogens with two attached hydrogens (primary N) is 2. The van der Waals surface area contributed by atoms with Crippen molar-refractivity contribution in [3.8, 4) is 11.4 Å². The Hall–Kier alpha value is -5.66. The molecule has 0 saturated heterocycles. The van der Waals surface area contributed by atoms with Gasteiger partial charge in [-0.15, -0.1) is 0 Å². The number of carboxylic acids is 1. The molecule has 3 saturated carbocycles. The number of nitrogens with zero attached hydrogens (tertiary/aromatic N) is 4. The van der Waals surface area contributed by atoms with E-state index in [0.29, 0.717) is 40.0 Å². The smallest absolute Gasteiger partial charge is 0.341 e. The summed E-state index contributed by atoms with van der Waals surface area (Å²) in [5, 5.41) is 26.5. The van der Waals surface area contributed by atoms with E-state index in [1.165, 1.54) is 23.5 Å². The van der Waals surface area contributed by atoms with Gasteiger partial charge in [0.15, 0.2) is 0 Å². The van der Waals surface area contributed by atoms with Gasteiger partial charge in [0.05, 0.1) is 23.8 Å². The van der Waals surface area contributed by atoms with Gasteiger partial charge in [0.25, 0.3) is 17.7 Å². The standard InChI is InChI=1S/C22H29N5O2.C15H16N4O3/c1-13-5-3-4-6-18(13)26-22(29)17-12-24-27(20(17)23)19-11-15(8-7-14(19)2)21(28)25-16-9-10-16;1-8-2-3-9(14(20)18-10-4-5-10)6-12(8)19-13(16)11(7-17-19)15(21)22/h7-8,11-13,16,18H,3-6,9-10,23H2,1-2H3,(H,25,28)(H,26,29);2-3,6-7,10H,4-5,16H2,1H3,(H,18,20)(H,21,22). The molecule has 51 heavy (non-hydrogen) atoms. The second-order valence-corrected chi connectivity index (χ2v) is 13.9. The highest BCUT2D eigenvalue weighted by Crippen LogP contribution is 2.27. The summed E-state index contributed by atoms with van der Waals surface area (Å²) >= 11 is 0. The molecule has 14 nitrogen and oxygen atoms in total. The van der Waals surface area contributed by atoms with E-state index >= 15 is 0 Å². The number of aromatic nitrogens is 4. The molecule has 268 valence electrons. The van der Waals surface area contributed by atoms with Crippen molar-refractivity contribution >= 4 is 35.3 Å². The number of hydrogen-bond donors (Lipinski definition) is 6. The maximum Gasteiger partial charge on any atom is 0.341 e. The molecule has 0 radical (unpaired) electrons. The third kappa shape index (κ3) is 8.05. The molecule has 8 N–H and O–H groups in total. The predicted molar refractivity (Wildman–Crippen MR) is 192 cm³/mol. The maximum absolute atomic E-state index is 12.8. The van der Waals surface area contributed by atoms with Gasteiger partial charge < -0.3 is 32.5 Å². The first-order valence-corrected chi connectivity index (χ1v) is 17.5. The van der Waals surface area contributed by atoms with Crippen LogP contribution in [0.2, 0.25) is 0 Å². The summed E-state index contributed by atoms with van der Waals surface area (Å²) in [7, 11) is 0. The van der Waals surface area contributed by atoms with Gasteiger partial charge in [-0.25, -0.2) is 14.2 Å². The predicted octanol–water partition coefficient (Wildman–Crippen LogP) is 4.32. The van der Waals surface area contributed by atoms with Crippen LogP contribution in [0.4, 0.5) is 11.6 Å². The summed E-state index contributed by atoms with van der Waals surface area (Å²) in [6, 6.07) is 11.4. The van der Waals surface area contributed by atoms with Gasteiger partial charge in [-0.2, -0.15) is 10.2 Å². The molecule has 4 aromatic rings. The van der Waals surface area contributed by atoms with Crippen LogP contribution in [0.15, 0.2) is 48.8 Å². The van der Waals surface area contributed by atoms with E-state index < -0.39 is 5.97 Å². The molecule has 3 aliphatic carbocycles. The number of nitrogen functional groups attached to an aromatic ring is 2. The first-order chi connectivity index (χ1) is 24.4. The lowest BCUT2D eigenvalue weighted by molar-refractivity contribution is 0.0697. The van der Waals surface area contributed by atoms with E-state index in [-0.39, 0.29) is 47.0 Å². The molecule has 2 atom stereocenters. The number of rotatable bonds is 9. The fourth-order valence-electron chi connectivity index (χ4n) is 6.17. The molecule has 14 heteroatoms. The first kappa shape index (κ1) is 35.2. The van der Waals surface area contributed by atoms with Gasteiger partial charge in [-0.3, -0.25) is 14.4 Å². The van der Waals surface area contributed by atoms with Crippen molar-refractivity contribution in [2.75, 3.05) is 11.5 Å². The van der Waals surface area contributed by atoms with Gasteiger partial charge in [0, 0.05) is 29.3 Å². The number of carboxylic acid groups (broad SMARTS) is 1. The number of anilines is 2. The Bertz CT molecular complexity index is 1970. The minimum atomic E-state index is -1.14. The minimum absolute atomic E-state index is 0.0374. The van der Waals surface area contributed by atoms with E-state index in [2.05, 4.69) is 33.1 Å². The SMILES string of the molecule is Cc1ccc(C(=O)NC2CC2)cc1-n1ncc(C(=O)NC2CCCCC2C)c1N.Cc1ccc(C(=O)NC2CC2)cc1-n1ncc(C(=O)O)c1N. The first-order valence-electron chi connectivity index (χ1n) is 17.5. The second kappa shape index (κ2) is 14.7. The molecule has 2 heterocycles. The van der Waals surface area contributed by atoms with Gasteiger partial charge >= 0.3 is 5.97 Å². The van der Waals surface area contributed by atoms with Crippen molar-refractivity contribution in [3.05, 3.63) is 82.2 Å². The van der Waals surface area contributed by atoms with Crippen LogP contribution in [0.25, 0.3) is 11.4 Å². The monoisotopic (exact) mass is 695 g/mol. The average molecular weight is 696 g/mol. The molecule has 2 unspecified atom stereocenters. The number of aromatic carboxylic acids is 1. The van der Waals surface area contributed by atoms with Gasteiger partial charge in [0.1, 0.15) is 22.8 Å². The number of carbonyl (C=O) groups is 4. The number of nitrogens with one attached hydrogen (secondary N) is 3. The second-order valence-electron chi connectivity index (χ2n) is 13.9. The normalized spacial score (nSPS) is 18.3. The summed E-state index contributed by atoms with van der Waals surface area (Å²) in [5.41, 5.74) is 16.6. The van der Waals surface area contributed by atoms with Crippen LogP contribution in [0.5, 0.6) is 0 Å². The molecular weight excluding hydrogens is 650 g/mol. The van der Waals surface area contributed by atoms with Crippen LogP contribution >= 0.6 is 0 Å². The number of carbonyl (C=O) groups excluding carboxylic acids is 3. The summed E-state index contributed by atoms with van der Waals surface area (Å²) in [6.45, 7) is 5.96. The topological polar surface area (TPSA) is 212 Å². The number of hydrogen-bond acceptors (Lipinski definition) is 8. The van der Waals surface area contributed by atoms with Crippen molar-refractivity contribution in [3.63, 3.8) is 0 Å². The fraction of sp³-hybridized carbons (Fsp3) is 0.405. The van der Waals surface area contributed by atoms with Gasteiger partial charge in [-0.05, 0) is 93.7 Å². The number of aryl methyl sites for hydroxylation is 2. The van der Waals surface area contributed by atoms with E-state index in [9.17, 15) is 19.2 Å². The molecule has 3 aliphatic rings. The number of amides is 3. The molecule has 3 fully saturated rings. The van der Waals surface area contributed by atoms with E-state index in [0.717, 1.165) is 56.1 Å². The van der Waals surface area contributed by atoms with E-state index in [4.69, 9.17) is 16.6 Å². The molecule has 2 aromatic carbocycles. The van der Waals surface area contributed by atoms with Crippen molar-refractivity contribution < 1.29 is 24.3 Å². The van der Waals surface area contributed by atoms with Crippen LogP contribution in [0.1, 0.15) is 111 Å². The zero-order chi connectivity index (χ0) is 36.4. The minimum Gasteiger partial charge on any atom is -0.477 e. The number of benzene rings is 2. The van der Waals surface area contributed by atoms with Gasteiger partial charge in [0.2, 0.25) is 0 Å². The van der Waals surface area contributed by atoms with Crippen LogP contribution in [0.3, 0.4) is 0 Å². The van der Waals surface area contributed by atoms with Crippen LogP contribution in [0, 0.1) is 19.8 Å². The lowest BCUT2D eigenvalue weighted by Gasteiger charge is -2.29. The van der Waals surface area contributed by atoms with E-state index in [1.807, 2.05) is 19.9 Å². The Morgan fingerprint density at radius 1 is 0.686 bits per heavy atom. The Balaban J connectivity index is 0.000000183. The Morgan fingerprint density at radius 3 is 1.61 bits per heavy atom. The average Bonchev–Trinajstić information content (AvgIpc) is 4.03. The van der Waals surface area contributed by atoms with Crippen molar-refractivity contribution in [2.24, 2.45) is 5.92 Å². The Kier molecular flexibility index (Phi) is 10.1. The third-order valence-corrected chi connectivity index (χ3v) is 9.74. The van der Waals surface area contributed by atoms with Crippen molar-refractivity contribution in [1.82, 2.24) is 35.5 Å². The molecule has 3 amide bonds. The van der Waals surface area contributed by atoms with Crippen LogP contribution in [-0.4, -0.2) is 66.5 Å². The summed E-state index contributed by atoms with van der Waals surface area (Å²) in [4.78, 5) is 48.4.